The first-order valence-electron chi connectivity index (χ1n) is 8.56. The van der Waals surface area contributed by atoms with Crippen molar-refractivity contribution in [3.63, 3.8) is 0 Å². The van der Waals surface area contributed by atoms with E-state index < -0.39 is 28.9 Å². The fraction of sp³-hybridized carbons (Fsp3) is 0.300. The lowest BCUT2D eigenvalue weighted by Crippen LogP contribution is -2.46. The fourth-order valence-corrected chi connectivity index (χ4v) is 3.09. The van der Waals surface area contributed by atoms with Crippen LogP contribution in [0.5, 0.6) is 0 Å². The van der Waals surface area contributed by atoms with Crippen molar-refractivity contribution in [3.05, 3.63) is 59.7 Å². The summed E-state index contributed by atoms with van der Waals surface area (Å²) >= 11 is 0. The van der Waals surface area contributed by atoms with Gasteiger partial charge < -0.3 is 15.2 Å². The fourth-order valence-electron chi connectivity index (χ4n) is 3.09. The van der Waals surface area contributed by atoms with E-state index in [0.29, 0.717) is 24.3 Å². The Morgan fingerprint density at radius 2 is 1.67 bits per heavy atom. The van der Waals surface area contributed by atoms with E-state index in [1.165, 1.54) is 36.4 Å². The number of hydrogen-bond donors (Lipinski definition) is 2. The van der Waals surface area contributed by atoms with Crippen LogP contribution in [-0.4, -0.2) is 36.7 Å². The number of hydrogen-bond acceptors (Lipinski definition) is 3. The molecule has 1 heterocycles. The molecule has 0 aliphatic carbocycles. The molecule has 0 aromatic heterocycles. The van der Waals surface area contributed by atoms with Crippen molar-refractivity contribution >= 4 is 11.9 Å². The zero-order valence-corrected chi connectivity index (χ0v) is 14.5. The lowest BCUT2D eigenvalue weighted by molar-refractivity contribution is -0.154. The van der Waals surface area contributed by atoms with Crippen LogP contribution >= 0.6 is 0 Å². The van der Waals surface area contributed by atoms with Crippen LogP contribution in [0.3, 0.4) is 0 Å². The van der Waals surface area contributed by atoms with Crippen LogP contribution in [0.15, 0.2) is 42.5 Å². The summed E-state index contributed by atoms with van der Waals surface area (Å²) in [5.41, 5.74) is -0.142. The number of carbonyl (C=O) groups excluding carboxylic acids is 1. The number of amides is 1. The third kappa shape index (κ3) is 4.14. The standard InChI is InChI=1S/C20H19F2NO4/c21-15-4-1-13(2-5-15)14-3-6-16(17(22)11-14)18(24)23-12-20(19(25)26)7-9-27-10-8-20/h1-6,11H,7-10,12H2,(H,23,24)(H,25,26). The molecule has 1 saturated heterocycles. The Bertz CT molecular complexity index is 846. The van der Waals surface area contributed by atoms with E-state index in [4.69, 9.17) is 4.74 Å². The molecule has 0 radical (unpaired) electrons. The smallest absolute Gasteiger partial charge is 0.311 e. The highest BCUT2D eigenvalue weighted by Gasteiger charge is 2.40. The summed E-state index contributed by atoms with van der Waals surface area (Å²) in [5, 5.41) is 12.0. The molecule has 2 aromatic rings. The van der Waals surface area contributed by atoms with E-state index in [1.807, 2.05) is 0 Å². The van der Waals surface area contributed by atoms with E-state index in [2.05, 4.69) is 5.32 Å². The largest absolute Gasteiger partial charge is 0.481 e. The van der Waals surface area contributed by atoms with Crippen molar-refractivity contribution in [3.8, 4) is 11.1 Å². The van der Waals surface area contributed by atoms with Gasteiger partial charge in [-0.3, -0.25) is 9.59 Å². The van der Waals surface area contributed by atoms with E-state index in [0.717, 1.165) is 0 Å². The summed E-state index contributed by atoms with van der Waals surface area (Å²) in [6, 6.07) is 9.68. The molecule has 5 nitrogen and oxygen atoms in total. The number of rotatable bonds is 5. The first kappa shape index (κ1) is 19.0. The van der Waals surface area contributed by atoms with Gasteiger partial charge >= 0.3 is 5.97 Å². The third-order valence-electron chi connectivity index (χ3n) is 4.88. The minimum absolute atomic E-state index is 0.0936. The van der Waals surface area contributed by atoms with E-state index in [1.54, 1.807) is 6.07 Å². The highest BCUT2D eigenvalue weighted by atomic mass is 19.1. The predicted molar refractivity (Wildman–Crippen MR) is 94.2 cm³/mol. The van der Waals surface area contributed by atoms with Gasteiger partial charge in [0.2, 0.25) is 0 Å². The van der Waals surface area contributed by atoms with Crippen LogP contribution < -0.4 is 5.32 Å². The van der Waals surface area contributed by atoms with Gasteiger partial charge in [-0.25, -0.2) is 8.78 Å². The molecule has 27 heavy (non-hydrogen) atoms. The highest BCUT2D eigenvalue weighted by Crippen LogP contribution is 2.30. The number of carboxylic acids is 1. The molecule has 7 heteroatoms. The number of nitrogens with one attached hydrogen (secondary N) is 1. The quantitative estimate of drug-likeness (QED) is 0.841. The van der Waals surface area contributed by atoms with Gasteiger partial charge in [-0.1, -0.05) is 18.2 Å². The summed E-state index contributed by atoms with van der Waals surface area (Å²) < 4.78 is 32.6. The summed E-state index contributed by atoms with van der Waals surface area (Å²) in [5.74, 6) is -2.80. The van der Waals surface area contributed by atoms with Gasteiger partial charge in [0.25, 0.3) is 5.91 Å². The predicted octanol–water partition coefficient (Wildman–Crippen LogP) is 3.24. The summed E-state index contributed by atoms with van der Waals surface area (Å²) in [6.07, 6.45) is 0.573. The molecule has 3 rings (SSSR count). The molecule has 1 aliphatic heterocycles. The first-order valence-corrected chi connectivity index (χ1v) is 8.56. The zero-order valence-electron chi connectivity index (χ0n) is 14.5. The van der Waals surface area contributed by atoms with Gasteiger partial charge in [0.15, 0.2) is 0 Å². The Balaban J connectivity index is 1.73. The Morgan fingerprint density at radius 3 is 2.26 bits per heavy atom. The Morgan fingerprint density at radius 1 is 1.04 bits per heavy atom. The van der Waals surface area contributed by atoms with Gasteiger partial charge in [-0.2, -0.15) is 0 Å². The molecule has 0 atom stereocenters. The second kappa shape index (κ2) is 7.84. The molecular weight excluding hydrogens is 356 g/mol. The van der Waals surface area contributed by atoms with Crippen LogP contribution in [0.25, 0.3) is 11.1 Å². The van der Waals surface area contributed by atoms with Crippen LogP contribution in [0.1, 0.15) is 23.2 Å². The van der Waals surface area contributed by atoms with Gasteiger partial charge in [0.05, 0.1) is 11.0 Å². The molecule has 0 spiro atoms. The first-order chi connectivity index (χ1) is 12.9. The van der Waals surface area contributed by atoms with Gasteiger partial charge in [0.1, 0.15) is 11.6 Å². The number of benzene rings is 2. The van der Waals surface area contributed by atoms with E-state index in [9.17, 15) is 23.5 Å². The maximum Gasteiger partial charge on any atom is 0.311 e. The lowest BCUT2D eigenvalue weighted by atomic mass is 9.80. The molecule has 2 N–H and O–H groups in total. The van der Waals surface area contributed by atoms with E-state index in [-0.39, 0.29) is 24.9 Å². The van der Waals surface area contributed by atoms with Crippen molar-refractivity contribution in [2.75, 3.05) is 19.8 Å². The second-order valence-electron chi connectivity index (χ2n) is 6.58. The number of aliphatic carboxylic acids is 1. The normalized spacial score (nSPS) is 15.9. The number of halogens is 2. The maximum atomic E-state index is 14.4. The topological polar surface area (TPSA) is 75.6 Å². The molecule has 2 aromatic carbocycles. The van der Waals surface area contributed by atoms with Crippen LogP contribution in [0.4, 0.5) is 8.78 Å². The molecule has 142 valence electrons. The Kier molecular flexibility index (Phi) is 5.51. The van der Waals surface area contributed by atoms with Crippen LogP contribution in [0, 0.1) is 17.0 Å². The number of carboxylic acid groups (broad SMARTS) is 1. The SMILES string of the molecule is O=C(NCC1(C(=O)O)CCOCC1)c1ccc(-c2ccc(F)cc2)cc1F. The lowest BCUT2D eigenvalue weighted by Gasteiger charge is -2.33. The molecule has 0 saturated carbocycles. The Hall–Kier alpha value is -2.80. The summed E-state index contributed by atoms with van der Waals surface area (Å²) in [6.45, 7) is 0.523. The van der Waals surface area contributed by atoms with Crippen LogP contribution in [0.2, 0.25) is 0 Å². The molecular formula is C20H19F2NO4. The van der Waals surface area contributed by atoms with Gasteiger partial charge in [0, 0.05) is 19.8 Å². The number of carbonyl (C=O) groups is 2. The monoisotopic (exact) mass is 375 g/mol. The van der Waals surface area contributed by atoms with Crippen molar-refractivity contribution in [2.24, 2.45) is 5.41 Å². The molecule has 0 bridgehead atoms. The molecule has 1 amide bonds. The van der Waals surface area contributed by atoms with Crippen molar-refractivity contribution < 1.29 is 28.2 Å². The molecule has 0 unspecified atom stereocenters. The molecule has 1 aliphatic rings. The van der Waals surface area contributed by atoms with E-state index >= 15 is 0 Å². The third-order valence-corrected chi connectivity index (χ3v) is 4.88. The van der Waals surface area contributed by atoms with Crippen molar-refractivity contribution in [2.45, 2.75) is 12.8 Å². The Labute approximate surface area is 155 Å². The van der Waals surface area contributed by atoms with Crippen LogP contribution in [-0.2, 0) is 9.53 Å². The van der Waals surface area contributed by atoms with Crippen molar-refractivity contribution in [1.29, 1.82) is 0 Å². The van der Waals surface area contributed by atoms with Gasteiger partial charge in [-0.15, -0.1) is 0 Å². The summed E-state index contributed by atoms with van der Waals surface area (Å²) in [7, 11) is 0. The summed E-state index contributed by atoms with van der Waals surface area (Å²) in [4.78, 5) is 24.0. The minimum Gasteiger partial charge on any atom is -0.481 e. The number of ether oxygens (including phenoxy) is 1. The second-order valence-corrected chi connectivity index (χ2v) is 6.58. The minimum atomic E-state index is -1.10. The van der Waals surface area contributed by atoms with Crippen molar-refractivity contribution in [1.82, 2.24) is 5.32 Å². The molecule has 1 fully saturated rings. The average Bonchev–Trinajstić information content (AvgIpc) is 2.67. The van der Waals surface area contributed by atoms with Gasteiger partial charge in [-0.05, 0) is 48.2 Å². The average molecular weight is 375 g/mol. The maximum absolute atomic E-state index is 14.4. The highest BCUT2D eigenvalue weighted by molar-refractivity contribution is 5.95. The zero-order chi connectivity index (χ0) is 19.4.